The second-order valence-corrected chi connectivity index (χ2v) is 5.10. The molecule has 132 valence electrons. The van der Waals surface area contributed by atoms with Gasteiger partial charge in [-0.25, -0.2) is 0 Å². The van der Waals surface area contributed by atoms with Crippen molar-refractivity contribution >= 4 is 11.7 Å². The number of aliphatic hydroxyl groups is 1. The number of hydrogen-bond donors (Lipinski definition) is 1. The number of aliphatic hydroxyl groups excluding tert-OH is 1. The molecular weight excluding hydrogens is 334 g/mol. The highest BCUT2D eigenvalue weighted by Crippen LogP contribution is 2.26. The van der Waals surface area contributed by atoms with Gasteiger partial charge in [-0.1, -0.05) is 0 Å². The highest BCUT2D eigenvalue weighted by atomic mass is 32.1. The van der Waals surface area contributed by atoms with E-state index in [0.717, 1.165) is 17.3 Å². The number of hydrogen-bond acceptors (Lipinski definition) is 9. The van der Waals surface area contributed by atoms with Crippen LogP contribution in [0.5, 0.6) is 5.88 Å². The minimum atomic E-state index is 0.0279. The fraction of sp³-hybridized carbons (Fsp3) is 0.533. The molecule has 0 spiro atoms. The van der Waals surface area contributed by atoms with E-state index in [1.54, 1.807) is 12.4 Å². The van der Waals surface area contributed by atoms with Crippen molar-refractivity contribution < 1.29 is 24.1 Å². The first-order valence-corrected chi connectivity index (χ1v) is 8.34. The van der Waals surface area contributed by atoms with Gasteiger partial charge < -0.3 is 24.1 Å². The summed E-state index contributed by atoms with van der Waals surface area (Å²) in [7, 11) is 0. The Labute approximate surface area is 144 Å². The van der Waals surface area contributed by atoms with Crippen molar-refractivity contribution in [1.82, 2.24) is 13.7 Å². The standard InChI is InChI=1S/C15H21N3O5S/c19-4-5-20-6-7-21-8-9-22-10-11-23-15-14(17-24-18-15)13-2-1-3-16-12-13/h1-3,12,19H,4-11H2. The fourth-order valence-corrected chi connectivity index (χ4v) is 2.28. The lowest BCUT2D eigenvalue weighted by atomic mass is 10.2. The summed E-state index contributed by atoms with van der Waals surface area (Å²) in [6.07, 6.45) is 3.43. The van der Waals surface area contributed by atoms with Gasteiger partial charge in [-0.2, -0.15) is 4.37 Å². The van der Waals surface area contributed by atoms with Crippen LogP contribution < -0.4 is 4.74 Å². The third-order valence-corrected chi connectivity index (χ3v) is 3.35. The van der Waals surface area contributed by atoms with Gasteiger partial charge in [0.25, 0.3) is 5.88 Å². The summed E-state index contributed by atoms with van der Waals surface area (Å²) in [6, 6.07) is 3.76. The molecule has 9 heteroatoms. The molecule has 1 N–H and O–H groups in total. The highest BCUT2D eigenvalue weighted by molar-refractivity contribution is 6.99. The third-order valence-electron chi connectivity index (χ3n) is 2.84. The molecule has 0 radical (unpaired) electrons. The van der Waals surface area contributed by atoms with Crippen molar-refractivity contribution in [3.8, 4) is 17.1 Å². The molecule has 0 aliphatic carbocycles. The molecule has 8 nitrogen and oxygen atoms in total. The van der Waals surface area contributed by atoms with Gasteiger partial charge in [0.2, 0.25) is 0 Å². The van der Waals surface area contributed by atoms with Gasteiger partial charge in [-0.15, -0.1) is 4.37 Å². The molecule has 0 aromatic carbocycles. The van der Waals surface area contributed by atoms with Gasteiger partial charge in [0.15, 0.2) is 0 Å². The Bertz CT molecular complexity index is 555. The van der Waals surface area contributed by atoms with E-state index in [4.69, 9.17) is 24.1 Å². The zero-order chi connectivity index (χ0) is 16.9. The molecule has 2 aromatic rings. The Morgan fingerprint density at radius 1 is 0.917 bits per heavy atom. The van der Waals surface area contributed by atoms with Crippen molar-refractivity contribution in [2.45, 2.75) is 0 Å². The van der Waals surface area contributed by atoms with E-state index in [2.05, 4.69) is 13.7 Å². The molecule has 0 aliphatic heterocycles. The molecule has 2 rings (SSSR count). The minimum Gasteiger partial charge on any atom is -0.473 e. The van der Waals surface area contributed by atoms with Crippen LogP contribution in [-0.2, 0) is 14.2 Å². The Kier molecular flexibility index (Phi) is 9.20. The zero-order valence-corrected chi connectivity index (χ0v) is 14.1. The molecule has 0 fully saturated rings. The van der Waals surface area contributed by atoms with E-state index in [1.807, 2.05) is 12.1 Å². The predicted octanol–water partition coefficient (Wildman–Crippen LogP) is 1.02. The van der Waals surface area contributed by atoms with Gasteiger partial charge in [-0.05, 0) is 12.1 Å². The van der Waals surface area contributed by atoms with Gasteiger partial charge in [0.05, 0.1) is 58.0 Å². The summed E-state index contributed by atoms with van der Waals surface area (Å²) in [5.74, 6) is 0.494. The second-order valence-electron chi connectivity index (χ2n) is 4.57. The molecule has 2 heterocycles. The van der Waals surface area contributed by atoms with Crippen LogP contribution in [0.25, 0.3) is 11.3 Å². The second kappa shape index (κ2) is 11.8. The quantitative estimate of drug-likeness (QED) is 0.532. The summed E-state index contributed by atoms with van der Waals surface area (Å²) in [4.78, 5) is 4.06. The van der Waals surface area contributed by atoms with E-state index in [9.17, 15) is 0 Å². The van der Waals surface area contributed by atoms with Gasteiger partial charge >= 0.3 is 0 Å². The summed E-state index contributed by atoms with van der Waals surface area (Å²) >= 11 is 1.10. The van der Waals surface area contributed by atoms with Gasteiger partial charge in [0.1, 0.15) is 12.3 Å². The Balaban J connectivity index is 1.54. The molecule has 0 saturated heterocycles. The van der Waals surface area contributed by atoms with Crippen LogP contribution in [0.4, 0.5) is 0 Å². The average molecular weight is 355 g/mol. The highest BCUT2D eigenvalue weighted by Gasteiger charge is 2.11. The lowest BCUT2D eigenvalue weighted by Crippen LogP contribution is -2.13. The monoisotopic (exact) mass is 355 g/mol. The van der Waals surface area contributed by atoms with Crippen molar-refractivity contribution in [2.24, 2.45) is 0 Å². The molecule has 0 unspecified atom stereocenters. The third kappa shape index (κ3) is 6.85. The molecule has 2 aromatic heterocycles. The van der Waals surface area contributed by atoms with E-state index < -0.39 is 0 Å². The Hall–Kier alpha value is -1.65. The maximum atomic E-state index is 8.53. The maximum absolute atomic E-state index is 8.53. The number of pyridine rings is 1. The molecule has 0 saturated carbocycles. The molecule has 0 amide bonds. The smallest absolute Gasteiger partial charge is 0.254 e. The van der Waals surface area contributed by atoms with Gasteiger partial charge in [0, 0.05) is 18.0 Å². The Morgan fingerprint density at radius 3 is 2.29 bits per heavy atom. The van der Waals surface area contributed by atoms with Crippen LogP contribution in [0.1, 0.15) is 0 Å². The van der Waals surface area contributed by atoms with E-state index in [-0.39, 0.29) is 6.61 Å². The van der Waals surface area contributed by atoms with Crippen LogP contribution in [0, 0.1) is 0 Å². The maximum Gasteiger partial charge on any atom is 0.254 e. The molecule has 0 aliphatic rings. The van der Waals surface area contributed by atoms with Crippen molar-refractivity contribution in [3.63, 3.8) is 0 Å². The average Bonchev–Trinajstić information content (AvgIpc) is 3.09. The molecule has 0 bridgehead atoms. The van der Waals surface area contributed by atoms with Crippen LogP contribution >= 0.6 is 11.7 Å². The summed E-state index contributed by atoms with van der Waals surface area (Å²) in [5.41, 5.74) is 1.57. The predicted molar refractivity (Wildman–Crippen MR) is 88.2 cm³/mol. The largest absolute Gasteiger partial charge is 0.473 e. The molecule has 24 heavy (non-hydrogen) atoms. The number of rotatable bonds is 13. The SMILES string of the molecule is OCCOCCOCCOCCOc1nsnc1-c1cccnc1. The summed E-state index contributed by atoms with van der Waals surface area (Å²) in [6.45, 7) is 3.11. The molecule has 0 atom stereocenters. The Morgan fingerprint density at radius 2 is 1.62 bits per heavy atom. The van der Waals surface area contributed by atoms with E-state index >= 15 is 0 Å². The van der Waals surface area contributed by atoms with Crippen molar-refractivity contribution in [3.05, 3.63) is 24.5 Å². The van der Waals surface area contributed by atoms with E-state index in [0.29, 0.717) is 57.8 Å². The number of nitrogens with zero attached hydrogens (tertiary/aromatic N) is 3. The number of aromatic nitrogens is 3. The first-order valence-electron chi connectivity index (χ1n) is 7.61. The van der Waals surface area contributed by atoms with E-state index in [1.165, 1.54) is 0 Å². The lowest BCUT2D eigenvalue weighted by Gasteiger charge is -2.07. The van der Waals surface area contributed by atoms with Crippen LogP contribution in [0.2, 0.25) is 0 Å². The summed E-state index contributed by atoms with van der Waals surface area (Å²) < 4.78 is 29.8. The summed E-state index contributed by atoms with van der Waals surface area (Å²) in [5, 5.41) is 8.53. The van der Waals surface area contributed by atoms with Crippen molar-refractivity contribution in [2.75, 3.05) is 52.9 Å². The van der Waals surface area contributed by atoms with Crippen LogP contribution in [0.15, 0.2) is 24.5 Å². The first kappa shape index (κ1) is 18.7. The van der Waals surface area contributed by atoms with Crippen LogP contribution in [-0.4, -0.2) is 71.7 Å². The normalized spacial score (nSPS) is 10.9. The lowest BCUT2D eigenvalue weighted by molar-refractivity contribution is 0.00348. The zero-order valence-electron chi connectivity index (χ0n) is 13.3. The van der Waals surface area contributed by atoms with Crippen LogP contribution in [0.3, 0.4) is 0 Å². The van der Waals surface area contributed by atoms with Crippen molar-refractivity contribution in [1.29, 1.82) is 0 Å². The fourth-order valence-electron chi connectivity index (χ4n) is 1.76. The topological polar surface area (TPSA) is 95.8 Å². The number of ether oxygens (including phenoxy) is 4. The van der Waals surface area contributed by atoms with Gasteiger partial charge in [-0.3, -0.25) is 4.98 Å². The first-order chi connectivity index (χ1) is 11.9. The molecular formula is C15H21N3O5S. The minimum absolute atomic E-state index is 0.0279.